The van der Waals surface area contributed by atoms with Gasteiger partial charge in [-0.25, -0.2) is 4.79 Å². The van der Waals surface area contributed by atoms with E-state index in [0.29, 0.717) is 17.0 Å². The Bertz CT molecular complexity index is 759. The topological polar surface area (TPSA) is 102 Å². The third-order valence-electron chi connectivity index (χ3n) is 2.74. The lowest BCUT2D eigenvalue weighted by atomic mass is 10.2. The lowest BCUT2D eigenvalue weighted by molar-refractivity contribution is -0.384. The molecule has 0 aliphatic heterocycles. The molecule has 2 aromatic carbocycles. The van der Waals surface area contributed by atoms with E-state index in [1.807, 2.05) is 0 Å². The van der Waals surface area contributed by atoms with E-state index in [9.17, 15) is 14.9 Å². The van der Waals surface area contributed by atoms with Crippen LogP contribution in [0.2, 0.25) is 0 Å². The Morgan fingerprint density at radius 1 is 1.30 bits per heavy atom. The van der Waals surface area contributed by atoms with E-state index in [-0.39, 0.29) is 5.69 Å². The first-order valence-electron chi connectivity index (χ1n) is 6.38. The number of carboxylic acid groups (broad SMARTS) is 1. The number of rotatable bonds is 6. The van der Waals surface area contributed by atoms with Crippen molar-refractivity contribution in [1.29, 1.82) is 0 Å². The van der Waals surface area contributed by atoms with Gasteiger partial charge in [-0.1, -0.05) is 15.9 Å². The van der Waals surface area contributed by atoms with Gasteiger partial charge >= 0.3 is 5.97 Å². The van der Waals surface area contributed by atoms with E-state index >= 15 is 0 Å². The summed E-state index contributed by atoms with van der Waals surface area (Å²) in [6.07, 6.45) is 1.50. The summed E-state index contributed by atoms with van der Waals surface area (Å²) in [5, 5.41) is 19.3. The Kier molecular flexibility index (Phi) is 5.42. The molecule has 0 aliphatic rings. The normalized spacial score (nSPS) is 10.7. The van der Waals surface area contributed by atoms with Crippen molar-refractivity contribution in [3.05, 3.63) is 62.6 Å². The van der Waals surface area contributed by atoms with Gasteiger partial charge in [0, 0.05) is 28.4 Å². The van der Waals surface area contributed by atoms with Gasteiger partial charge in [-0.05, 0) is 30.3 Å². The molecule has 0 spiro atoms. The lowest BCUT2D eigenvalue weighted by Crippen LogP contribution is -2.10. The molecule has 0 aromatic heterocycles. The van der Waals surface area contributed by atoms with Crippen molar-refractivity contribution in [2.24, 2.45) is 4.99 Å². The number of benzene rings is 2. The summed E-state index contributed by atoms with van der Waals surface area (Å²) < 4.78 is 5.97. The van der Waals surface area contributed by atoms with E-state index in [1.54, 1.807) is 18.2 Å². The SMILES string of the molecule is O=C(O)COc1ccc(Br)cc1C=Nc1ccc([N+](=O)[O-])cc1. The highest BCUT2D eigenvalue weighted by Gasteiger charge is 2.06. The monoisotopic (exact) mass is 378 g/mol. The van der Waals surface area contributed by atoms with Crippen molar-refractivity contribution in [1.82, 2.24) is 0 Å². The van der Waals surface area contributed by atoms with Gasteiger partial charge in [-0.3, -0.25) is 15.1 Å². The van der Waals surface area contributed by atoms with Gasteiger partial charge in [0.15, 0.2) is 6.61 Å². The van der Waals surface area contributed by atoms with E-state index < -0.39 is 17.5 Å². The number of nitro groups is 1. The fourth-order valence-electron chi connectivity index (χ4n) is 1.70. The van der Waals surface area contributed by atoms with Gasteiger partial charge < -0.3 is 9.84 Å². The minimum Gasteiger partial charge on any atom is -0.481 e. The van der Waals surface area contributed by atoms with E-state index in [0.717, 1.165) is 4.47 Å². The zero-order valence-corrected chi connectivity index (χ0v) is 13.3. The Balaban J connectivity index is 2.21. The lowest BCUT2D eigenvalue weighted by Gasteiger charge is -2.07. The number of aliphatic imine (C=N–C) groups is 1. The van der Waals surface area contributed by atoms with Crippen LogP contribution in [0, 0.1) is 10.1 Å². The molecule has 23 heavy (non-hydrogen) atoms. The first kappa shape index (κ1) is 16.6. The fourth-order valence-corrected chi connectivity index (χ4v) is 2.07. The third-order valence-corrected chi connectivity index (χ3v) is 3.23. The quantitative estimate of drug-likeness (QED) is 0.470. The molecule has 0 aliphatic carbocycles. The van der Waals surface area contributed by atoms with Gasteiger partial charge in [0.05, 0.1) is 10.6 Å². The number of carbonyl (C=O) groups is 1. The molecule has 0 heterocycles. The van der Waals surface area contributed by atoms with Crippen LogP contribution in [0.15, 0.2) is 51.9 Å². The number of carboxylic acids is 1. The summed E-state index contributed by atoms with van der Waals surface area (Å²) in [7, 11) is 0. The number of nitro benzene ring substituents is 1. The number of non-ortho nitro benzene ring substituents is 1. The second-order valence-electron chi connectivity index (χ2n) is 4.40. The van der Waals surface area contributed by atoms with Gasteiger partial charge in [0.25, 0.3) is 5.69 Å². The highest BCUT2D eigenvalue weighted by molar-refractivity contribution is 9.10. The molecule has 0 bridgehead atoms. The predicted octanol–water partition coefficient (Wildman–Crippen LogP) is 3.57. The Morgan fingerprint density at radius 3 is 2.61 bits per heavy atom. The van der Waals surface area contributed by atoms with Crippen LogP contribution >= 0.6 is 15.9 Å². The summed E-state index contributed by atoms with van der Waals surface area (Å²) in [5.41, 5.74) is 1.09. The van der Waals surface area contributed by atoms with Crippen molar-refractivity contribution in [2.75, 3.05) is 6.61 Å². The largest absolute Gasteiger partial charge is 0.481 e. The van der Waals surface area contributed by atoms with E-state index in [1.165, 1.54) is 30.5 Å². The van der Waals surface area contributed by atoms with Gasteiger partial charge in [-0.2, -0.15) is 0 Å². The second-order valence-corrected chi connectivity index (χ2v) is 5.31. The minimum atomic E-state index is -1.08. The average Bonchev–Trinajstić information content (AvgIpc) is 2.52. The van der Waals surface area contributed by atoms with Crippen molar-refractivity contribution >= 4 is 39.5 Å². The maximum absolute atomic E-state index is 10.6. The third kappa shape index (κ3) is 4.89. The summed E-state index contributed by atoms with van der Waals surface area (Å²) in [5.74, 6) is -0.701. The highest BCUT2D eigenvalue weighted by atomic mass is 79.9. The molecular weight excluding hydrogens is 368 g/mol. The molecule has 7 nitrogen and oxygen atoms in total. The van der Waals surface area contributed by atoms with E-state index in [4.69, 9.17) is 9.84 Å². The summed E-state index contributed by atoms with van der Waals surface area (Å²) >= 11 is 3.32. The van der Waals surface area contributed by atoms with Crippen LogP contribution in [-0.2, 0) is 4.79 Å². The summed E-state index contributed by atoms with van der Waals surface area (Å²) in [6, 6.07) is 10.8. The van der Waals surface area contributed by atoms with Crippen LogP contribution in [-0.4, -0.2) is 28.8 Å². The Morgan fingerprint density at radius 2 is 2.00 bits per heavy atom. The van der Waals surface area contributed by atoms with Crippen LogP contribution in [0.25, 0.3) is 0 Å². The van der Waals surface area contributed by atoms with Gasteiger partial charge in [-0.15, -0.1) is 0 Å². The maximum Gasteiger partial charge on any atom is 0.341 e. The zero-order valence-electron chi connectivity index (χ0n) is 11.7. The van der Waals surface area contributed by atoms with Gasteiger partial charge in [0.2, 0.25) is 0 Å². The molecular formula is C15H11BrN2O5. The van der Waals surface area contributed by atoms with Crippen molar-refractivity contribution < 1.29 is 19.6 Å². The molecule has 2 aromatic rings. The first-order valence-corrected chi connectivity index (χ1v) is 7.17. The molecule has 0 unspecified atom stereocenters. The summed E-state index contributed by atoms with van der Waals surface area (Å²) in [4.78, 5) is 24.9. The molecule has 0 amide bonds. The number of hydrogen-bond donors (Lipinski definition) is 1. The molecule has 0 saturated carbocycles. The molecule has 118 valence electrons. The number of halogens is 1. The maximum atomic E-state index is 10.6. The molecule has 0 saturated heterocycles. The fraction of sp³-hybridized carbons (Fsp3) is 0.0667. The zero-order chi connectivity index (χ0) is 16.8. The van der Waals surface area contributed by atoms with Crippen LogP contribution < -0.4 is 4.74 Å². The Hall–Kier alpha value is -2.74. The molecule has 0 radical (unpaired) electrons. The van der Waals surface area contributed by atoms with Crippen LogP contribution in [0.5, 0.6) is 5.75 Å². The van der Waals surface area contributed by atoms with Crippen molar-refractivity contribution in [3.8, 4) is 5.75 Å². The number of nitrogens with zero attached hydrogens (tertiary/aromatic N) is 2. The van der Waals surface area contributed by atoms with Crippen molar-refractivity contribution in [3.63, 3.8) is 0 Å². The van der Waals surface area contributed by atoms with Crippen LogP contribution in [0.1, 0.15) is 5.56 Å². The molecule has 0 atom stereocenters. The number of ether oxygens (including phenoxy) is 1. The molecule has 2 rings (SSSR count). The Labute approximate surface area is 139 Å². The van der Waals surface area contributed by atoms with Gasteiger partial charge in [0.1, 0.15) is 5.75 Å². The molecule has 8 heteroatoms. The van der Waals surface area contributed by atoms with Crippen LogP contribution in [0.3, 0.4) is 0 Å². The minimum absolute atomic E-state index is 0.0168. The predicted molar refractivity (Wildman–Crippen MR) is 87.6 cm³/mol. The molecule has 0 fully saturated rings. The number of hydrogen-bond acceptors (Lipinski definition) is 5. The number of aliphatic carboxylic acids is 1. The first-order chi connectivity index (χ1) is 11.0. The van der Waals surface area contributed by atoms with Crippen molar-refractivity contribution in [2.45, 2.75) is 0 Å². The second kappa shape index (κ2) is 7.50. The smallest absolute Gasteiger partial charge is 0.341 e. The van der Waals surface area contributed by atoms with E-state index in [2.05, 4.69) is 20.9 Å². The van der Waals surface area contributed by atoms with Crippen LogP contribution in [0.4, 0.5) is 11.4 Å². The standard InChI is InChI=1S/C15H11BrN2O5/c16-11-1-6-14(23-9-15(19)20)10(7-11)8-17-12-2-4-13(5-3-12)18(21)22/h1-8H,9H2,(H,19,20). The summed E-state index contributed by atoms with van der Waals surface area (Å²) in [6.45, 7) is -0.458. The average molecular weight is 379 g/mol. The highest BCUT2D eigenvalue weighted by Crippen LogP contribution is 2.23. The molecule has 1 N–H and O–H groups in total.